The van der Waals surface area contributed by atoms with Gasteiger partial charge in [0.05, 0.1) is 39.6 Å². The number of benzene rings is 2. The molecule has 0 saturated carbocycles. The predicted molar refractivity (Wildman–Crippen MR) is 119 cm³/mol. The number of esters is 1. The summed E-state index contributed by atoms with van der Waals surface area (Å²) in [5.41, 5.74) is 1.24. The molecule has 0 bridgehead atoms. The van der Waals surface area contributed by atoms with Gasteiger partial charge in [0.2, 0.25) is 0 Å². The minimum atomic E-state index is -3.53. The highest BCUT2D eigenvalue weighted by molar-refractivity contribution is 7.92. The molecule has 9 heteroatoms. The minimum absolute atomic E-state index is 0.0686. The van der Waals surface area contributed by atoms with E-state index in [0.717, 1.165) is 5.52 Å². The molecule has 0 N–H and O–H groups in total. The third-order valence-corrected chi connectivity index (χ3v) is 7.77. The number of hydrogen-bond acceptors (Lipinski definition) is 6. The zero-order valence-corrected chi connectivity index (χ0v) is 18.8. The van der Waals surface area contributed by atoms with Crippen LogP contribution in [0.1, 0.15) is 34.6 Å². The molecule has 0 spiro atoms. The van der Waals surface area contributed by atoms with Crippen LogP contribution < -0.4 is 4.80 Å². The molecule has 3 rings (SSSR count). The fourth-order valence-electron chi connectivity index (χ4n) is 2.88. The molecular weight excluding hydrogens is 436 g/mol. The number of carbonyl (C=O) groups is 2. The summed E-state index contributed by atoms with van der Waals surface area (Å²) in [6.45, 7) is 3.33. The van der Waals surface area contributed by atoms with E-state index in [1.807, 2.05) is 0 Å². The topological polar surface area (TPSA) is 94.8 Å². The number of rotatable bonds is 5. The van der Waals surface area contributed by atoms with Gasteiger partial charge in [0.1, 0.15) is 0 Å². The number of sulfone groups is 1. The Morgan fingerprint density at radius 3 is 2.58 bits per heavy atom. The van der Waals surface area contributed by atoms with Crippen molar-refractivity contribution in [1.82, 2.24) is 4.57 Å². The van der Waals surface area contributed by atoms with Gasteiger partial charge in [-0.3, -0.25) is 4.79 Å². The molecule has 1 heterocycles. The highest BCUT2D eigenvalue weighted by Gasteiger charge is 2.20. The Bertz CT molecular complexity index is 1390. The average molecular weight is 457 g/mol. The van der Waals surface area contributed by atoms with Crippen molar-refractivity contribution in [3.8, 4) is 12.3 Å². The highest BCUT2D eigenvalue weighted by atomic mass is 32.2. The maximum atomic E-state index is 12.8. The fourth-order valence-corrected chi connectivity index (χ4v) is 5.05. The van der Waals surface area contributed by atoms with Crippen LogP contribution in [0.5, 0.6) is 0 Å². The van der Waals surface area contributed by atoms with Crippen LogP contribution in [0.2, 0.25) is 0 Å². The lowest BCUT2D eigenvalue weighted by Crippen LogP contribution is -2.17. The van der Waals surface area contributed by atoms with E-state index in [2.05, 4.69) is 10.9 Å². The summed E-state index contributed by atoms with van der Waals surface area (Å²) in [5.74, 6) is 1.47. The molecule has 0 aliphatic carbocycles. The van der Waals surface area contributed by atoms with Gasteiger partial charge in [0.15, 0.2) is 14.6 Å². The molecule has 31 heavy (non-hydrogen) atoms. The van der Waals surface area contributed by atoms with Gasteiger partial charge in [-0.15, -0.1) is 6.42 Å². The molecule has 0 radical (unpaired) electrons. The van der Waals surface area contributed by atoms with E-state index in [0.29, 0.717) is 15.1 Å². The van der Waals surface area contributed by atoms with Crippen LogP contribution in [0, 0.1) is 12.3 Å². The molecular formula is C22H20N2O5S2. The Labute approximate surface area is 183 Å². The number of fused-ring (bicyclic) bond motifs is 1. The van der Waals surface area contributed by atoms with Crippen molar-refractivity contribution in [1.29, 1.82) is 0 Å². The Morgan fingerprint density at radius 2 is 1.94 bits per heavy atom. The number of aromatic nitrogens is 1. The molecule has 0 unspecified atom stereocenters. The van der Waals surface area contributed by atoms with Crippen LogP contribution in [0.25, 0.3) is 10.2 Å². The summed E-state index contributed by atoms with van der Waals surface area (Å²) < 4.78 is 32.0. The maximum Gasteiger partial charge on any atom is 0.337 e. The SMILES string of the molecule is C#CCn1c(=NC(=O)c2cccc(S(=O)(=O)C(C)C)c2)sc2cc(C(=O)OC)ccc21. The van der Waals surface area contributed by atoms with Crippen molar-refractivity contribution in [2.75, 3.05) is 7.11 Å². The molecule has 3 aromatic rings. The molecule has 0 saturated heterocycles. The Balaban J connectivity index is 2.12. The number of ether oxygens (including phenoxy) is 1. The van der Waals surface area contributed by atoms with E-state index in [1.165, 1.54) is 42.7 Å². The first-order valence-electron chi connectivity index (χ1n) is 9.27. The second-order valence-electron chi connectivity index (χ2n) is 6.89. The van der Waals surface area contributed by atoms with Crippen LogP contribution in [0.4, 0.5) is 0 Å². The molecule has 0 atom stereocenters. The highest BCUT2D eigenvalue weighted by Crippen LogP contribution is 2.21. The second-order valence-corrected chi connectivity index (χ2v) is 10.4. The number of nitrogens with zero attached hydrogens (tertiary/aromatic N) is 2. The molecule has 0 aliphatic rings. The zero-order chi connectivity index (χ0) is 22.8. The summed E-state index contributed by atoms with van der Waals surface area (Å²) in [5, 5.41) is -0.612. The third-order valence-electron chi connectivity index (χ3n) is 4.58. The number of thiazole rings is 1. The van der Waals surface area contributed by atoms with Gasteiger partial charge in [-0.1, -0.05) is 23.3 Å². The molecule has 2 aromatic carbocycles. The Hall–Kier alpha value is -3.22. The lowest BCUT2D eigenvalue weighted by atomic mass is 10.2. The molecule has 7 nitrogen and oxygen atoms in total. The van der Waals surface area contributed by atoms with Gasteiger partial charge in [-0.2, -0.15) is 4.99 Å². The quantitative estimate of drug-likeness (QED) is 0.434. The number of amides is 1. The lowest BCUT2D eigenvalue weighted by Gasteiger charge is -2.08. The molecule has 1 aromatic heterocycles. The van der Waals surface area contributed by atoms with Crippen LogP contribution >= 0.6 is 11.3 Å². The molecule has 0 aliphatic heterocycles. The van der Waals surface area contributed by atoms with E-state index >= 15 is 0 Å². The number of methoxy groups -OCH3 is 1. The summed E-state index contributed by atoms with van der Waals surface area (Å²) in [6.07, 6.45) is 5.48. The van der Waals surface area contributed by atoms with Crippen molar-refractivity contribution < 1.29 is 22.7 Å². The molecule has 1 amide bonds. The van der Waals surface area contributed by atoms with Crippen molar-refractivity contribution in [2.24, 2.45) is 4.99 Å². The van der Waals surface area contributed by atoms with Crippen LogP contribution in [-0.4, -0.2) is 37.2 Å². The largest absolute Gasteiger partial charge is 0.465 e. The monoisotopic (exact) mass is 456 g/mol. The number of hydrogen-bond donors (Lipinski definition) is 0. The summed E-state index contributed by atoms with van der Waals surface area (Å²) in [7, 11) is -2.23. The normalized spacial score (nSPS) is 12.2. The van der Waals surface area contributed by atoms with Crippen LogP contribution in [0.15, 0.2) is 52.4 Å². The zero-order valence-electron chi connectivity index (χ0n) is 17.2. The lowest BCUT2D eigenvalue weighted by molar-refractivity contribution is 0.0600. The summed E-state index contributed by atoms with van der Waals surface area (Å²) in [6, 6.07) is 10.8. The number of carbonyl (C=O) groups excluding carboxylic acids is 2. The van der Waals surface area contributed by atoms with Crippen LogP contribution in [0.3, 0.4) is 0 Å². The van der Waals surface area contributed by atoms with E-state index in [9.17, 15) is 18.0 Å². The molecule has 160 valence electrons. The maximum absolute atomic E-state index is 12.8. The standard InChI is InChI=1S/C22H20N2O5S2/c1-5-11-24-18-10-9-16(21(26)29-4)13-19(18)30-22(24)23-20(25)15-7-6-8-17(12-15)31(27,28)14(2)3/h1,6-10,12-14H,11H2,2-4H3. The van der Waals surface area contributed by atoms with Crippen LogP contribution in [-0.2, 0) is 21.1 Å². The van der Waals surface area contributed by atoms with Gasteiger partial charge < -0.3 is 9.30 Å². The first kappa shape index (κ1) is 22.5. The van der Waals surface area contributed by atoms with E-state index in [-0.39, 0.29) is 17.0 Å². The third kappa shape index (κ3) is 4.45. The Morgan fingerprint density at radius 1 is 1.19 bits per heavy atom. The van der Waals surface area contributed by atoms with Crippen molar-refractivity contribution in [3.63, 3.8) is 0 Å². The minimum Gasteiger partial charge on any atom is -0.465 e. The van der Waals surface area contributed by atoms with Gasteiger partial charge in [0.25, 0.3) is 5.91 Å². The summed E-state index contributed by atoms with van der Waals surface area (Å²) >= 11 is 1.20. The van der Waals surface area contributed by atoms with E-state index < -0.39 is 27.0 Å². The molecule has 0 fully saturated rings. The van der Waals surface area contributed by atoms with Gasteiger partial charge in [-0.05, 0) is 50.2 Å². The van der Waals surface area contributed by atoms with E-state index in [1.54, 1.807) is 36.6 Å². The smallest absolute Gasteiger partial charge is 0.337 e. The van der Waals surface area contributed by atoms with Gasteiger partial charge in [-0.25, -0.2) is 13.2 Å². The summed E-state index contributed by atoms with van der Waals surface area (Å²) in [4.78, 5) is 29.2. The second kappa shape index (κ2) is 8.88. The fraction of sp³-hybridized carbons (Fsp3) is 0.227. The Kier molecular flexibility index (Phi) is 6.43. The first-order chi connectivity index (χ1) is 14.7. The van der Waals surface area contributed by atoms with E-state index in [4.69, 9.17) is 11.2 Å². The first-order valence-corrected chi connectivity index (χ1v) is 11.6. The van der Waals surface area contributed by atoms with Gasteiger partial charge >= 0.3 is 5.97 Å². The van der Waals surface area contributed by atoms with Crippen molar-refractivity contribution >= 4 is 43.3 Å². The van der Waals surface area contributed by atoms with Gasteiger partial charge in [0, 0.05) is 5.56 Å². The van der Waals surface area contributed by atoms with Crippen molar-refractivity contribution in [3.05, 3.63) is 58.4 Å². The predicted octanol–water partition coefficient (Wildman–Crippen LogP) is 3.05. The average Bonchev–Trinajstić information content (AvgIpc) is 3.09. The van der Waals surface area contributed by atoms with Crippen molar-refractivity contribution in [2.45, 2.75) is 30.5 Å². The number of terminal acetylenes is 1.